The Balaban J connectivity index is 1.77. The summed E-state index contributed by atoms with van der Waals surface area (Å²) >= 11 is 6.29. The molecule has 0 aromatic carbocycles. The Morgan fingerprint density at radius 1 is 1.32 bits per heavy atom. The van der Waals surface area contributed by atoms with E-state index >= 15 is 0 Å². The molecule has 2 aromatic heterocycles. The second-order valence-corrected chi connectivity index (χ2v) is 6.90. The van der Waals surface area contributed by atoms with Crippen LogP contribution in [0.1, 0.15) is 25.7 Å². The summed E-state index contributed by atoms with van der Waals surface area (Å²) in [7, 11) is 0. The van der Waals surface area contributed by atoms with Crippen LogP contribution >= 0.6 is 11.6 Å². The van der Waals surface area contributed by atoms with E-state index in [2.05, 4.69) is 25.2 Å². The van der Waals surface area contributed by atoms with Crippen LogP contribution in [0.5, 0.6) is 0 Å². The van der Waals surface area contributed by atoms with E-state index in [1.54, 1.807) is 6.07 Å². The molecule has 0 saturated carbocycles. The van der Waals surface area contributed by atoms with Gasteiger partial charge in [0.2, 0.25) is 5.95 Å². The maximum atomic E-state index is 13.4. The number of hydrogen-bond acceptors (Lipinski definition) is 5. The molecule has 0 radical (unpaired) electrons. The first-order valence-corrected chi connectivity index (χ1v) is 8.93. The molecular weight excluding hydrogens is 345 g/mol. The van der Waals surface area contributed by atoms with E-state index in [-0.39, 0.29) is 11.1 Å². The van der Waals surface area contributed by atoms with Gasteiger partial charge in [0, 0.05) is 36.5 Å². The zero-order chi connectivity index (χ0) is 17.4. The average molecular weight is 364 g/mol. The first kappa shape index (κ1) is 16.5. The minimum absolute atomic E-state index is 0.0875. The van der Waals surface area contributed by atoms with Gasteiger partial charge in [0.1, 0.15) is 10.8 Å². The quantitative estimate of drug-likeness (QED) is 0.801. The van der Waals surface area contributed by atoms with Crippen LogP contribution in [0, 0.1) is 5.95 Å². The number of piperidine rings is 2. The van der Waals surface area contributed by atoms with Crippen molar-refractivity contribution in [3.63, 3.8) is 0 Å². The molecule has 2 atom stereocenters. The first-order chi connectivity index (χ1) is 12.1. The number of hydrogen-bond donors (Lipinski definition) is 2. The van der Waals surface area contributed by atoms with Crippen LogP contribution in [0.25, 0.3) is 11.4 Å². The fourth-order valence-electron chi connectivity index (χ4n) is 3.84. The molecule has 2 aromatic rings. The van der Waals surface area contributed by atoms with Gasteiger partial charge in [-0.3, -0.25) is 4.79 Å². The summed E-state index contributed by atoms with van der Waals surface area (Å²) in [6.07, 6.45) is 5.60. The molecule has 6 nitrogen and oxygen atoms in total. The number of aromatic nitrogens is 3. The van der Waals surface area contributed by atoms with Crippen LogP contribution in [0.15, 0.2) is 23.1 Å². The fraction of sp³-hybridized carbons (Fsp3) is 0.471. The lowest BCUT2D eigenvalue weighted by molar-refractivity contribution is 0.283. The Kier molecular flexibility index (Phi) is 4.43. The molecule has 0 spiro atoms. The number of pyridine rings is 1. The Morgan fingerprint density at radius 3 is 3.04 bits per heavy atom. The second kappa shape index (κ2) is 6.72. The Bertz CT molecular complexity index is 840. The van der Waals surface area contributed by atoms with E-state index in [0.717, 1.165) is 38.8 Å². The number of fused-ring (bicyclic) bond motifs is 1. The SMILES string of the molecule is O=c1[nH]c(-c2ccnc(F)c2)nc(N2CCCC3NCCCC32)c1Cl. The Labute approximate surface area is 149 Å². The van der Waals surface area contributed by atoms with Crippen molar-refractivity contribution < 1.29 is 4.39 Å². The molecule has 0 aliphatic carbocycles. The van der Waals surface area contributed by atoms with Crippen LogP contribution in [0.3, 0.4) is 0 Å². The Hall–Kier alpha value is -1.99. The fourth-order valence-corrected chi connectivity index (χ4v) is 4.04. The van der Waals surface area contributed by atoms with E-state index < -0.39 is 11.5 Å². The monoisotopic (exact) mass is 363 g/mol. The lowest BCUT2D eigenvalue weighted by Crippen LogP contribution is -2.57. The normalized spacial score (nSPS) is 23.4. The van der Waals surface area contributed by atoms with Crippen molar-refractivity contribution in [2.75, 3.05) is 18.0 Å². The van der Waals surface area contributed by atoms with Crippen LogP contribution in [0.2, 0.25) is 5.02 Å². The molecule has 8 heteroatoms. The summed E-state index contributed by atoms with van der Waals surface area (Å²) in [4.78, 5) is 25.2. The highest BCUT2D eigenvalue weighted by Crippen LogP contribution is 2.32. The number of aromatic amines is 1. The van der Waals surface area contributed by atoms with E-state index in [1.165, 1.54) is 12.3 Å². The smallest absolute Gasteiger partial charge is 0.272 e. The van der Waals surface area contributed by atoms with Crippen LogP contribution < -0.4 is 15.8 Å². The number of nitrogens with zero attached hydrogens (tertiary/aromatic N) is 3. The Morgan fingerprint density at radius 2 is 2.20 bits per heavy atom. The molecular formula is C17H19ClFN5O. The van der Waals surface area contributed by atoms with Crippen molar-refractivity contribution in [1.29, 1.82) is 0 Å². The molecule has 4 rings (SSSR count). The third kappa shape index (κ3) is 3.14. The van der Waals surface area contributed by atoms with Crippen molar-refractivity contribution >= 4 is 17.4 Å². The van der Waals surface area contributed by atoms with Gasteiger partial charge in [-0.2, -0.15) is 4.39 Å². The highest BCUT2D eigenvalue weighted by atomic mass is 35.5. The highest BCUT2D eigenvalue weighted by molar-refractivity contribution is 6.32. The van der Waals surface area contributed by atoms with Crippen molar-refractivity contribution in [3.8, 4) is 11.4 Å². The molecule has 2 saturated heterocycles. The third-order valence-electron chi connectivity index (χ3n) is 4.98. The molecule has 2 fully saturated rings. The van der Waals surface area contributed by atoms with E-state index in [1.807, 2.05) is 0 Å². The zero-order valence-electron chi connectivity index (χ0n) is 13.6. The highest BCUT2D eigenvalue weighted by Gasteiger charge is 2.35. The summed E-state index contributed by atoms with van der Waals surface area (Å²) in [6, 6.07) is 3.52. The third-order valence-corrected chi connectivity index (χ3v) is 5.32. The number of rotatable bonds is 2. The van der Waals surface area contributed by atoms with Crippen LogP contribution in [-0.2, 0) is 0 Å². The lowest BCUT2D eigenvalue weighted by Gasteiger charge is -2.45. The first-order valence-electron chi connectivity index (χ1n) is 8.55. The van der Waals surface area contributed by atoms with Crippen molar-refractivity contribution in [3.05, 3.63) is 39.7 Å². The standard InChI is InChI=1S/C17H19ClFN5O/c18-14-16(24-8-2-3-11-12(24)4-1-6-20-11)22-15(23-17(14)25)10-5-7-21-13(19)9-10/h5,7,9,11-12,20H,1-4,6,8H2,(H,22,23,25). The van der Waals surface area contributed by atoms with Gasteiger partial charge in [-0.1, -0.05) is 11.6 Å². The molecule has 132 valence electrons. The minimum Gasteiger partial charge on any atom is -0.351 e. The summed E-state index contributed by atoms with van der Waals surface area (Å²) in [5, 5.41) is 3.64. The van der Waals surface area contributed by atoms with Gasteiger partial charge in [-0.05, 0) is 38.3 Å². The van der Waals surface area contributed by atoms with Gasteiger partial charge in [0.15, 0.2) is 5.82 Å². The molecule has 2 aliphatic rings. The van der Waals surface area contributed by atoms with Gasteiger partial charge >= 0.3 is 0 Å². The number of halogens is 2. The van der Waals surface area contributed by atoms with Crippen LogP contribution in [0.4, 0.5) is 10.2 Å². The van der Waals surface area contributed by atoms with E-state index in [9.17, 15) is 9.18 Å². The van der Waals surface area contributed by atoms with Crippen molar-refractivity contribution in [1.82, 2.24) is 20.3 Å². The van der Waals surface area contributed by atoms with E-state index in [4.69, 9.17) is 11.6 Å². The van der Waals surface area contributed by atoms with Gasteiger partial charge in [0.25, 0.3) is 5.56 Å². The largest absolute Gasteiger partial charge is 0.351 e. The zero-order valence-corrected chi connectivity index (χ0v) is 14.4. The molecule has 2 N–H and O–H groups in total. The molecule has 4 heterocycles. The summed E-state index contributed by atoms with van der Waals surface area (Å²) in [5.74, 6) is 0.166. The number of H-pyrrole nitrogens is 1. The average Bonchev–Trinajstić information content (AvgIpc) is 2.63. The molecule has 2 aliphatic heterocycles. The summed E-state index contributed by atoms with van der Waals surface area (Å²) < 4.78 is 13.4. The molecule has 25 heavy (non-hydrogen) atoms. The van der Waals surface area contributed by atoms with Gasteiger partial charge < -0.3 is 15.2 Å². The van der Waals surface area contributed by atoms with Crippen molar-refractivity contribution in [2.45, 2.75) is 37.8 Å². The lowest BCUT2D eigenvalue weighted by atomic mass is 9.89. The van der Waals surface area contributed by atoms with Gasteiger partial charge in [-0.15, -0.1) is 0 Å². The maximum Gasteiger partial charge on any atom is 0.272 e. The maximum absolute atomic E-state index is 13.4. The molecule has 0 amide bonds. The topological polar surface area (TPSA) is 73.9 Å². The number of nitrogens with one attached hydrogen (secondary N) is 2. The molecule has 0 bridgehead atoms. The predicted molar refractivity (Wildman–Crippen MR) is 94.4 cm³/mol. The molecule has 2 unspecified atom stereocenters. The summed E-state index contributed by atoms with van der Waals surface area (Å²) in [6.45, 7) is 1.83. The predicted octanol–water partition coefficient (Wildman–Crippen LogP) is 2.35. The van der Waals surface area contributed by atoms with Crippen LogP contribution in [-0.4, -0.2) is 40.1 Å². The number of anilines is 1. The van der Waals surface area contributed by atoms with Gasteiger partial charge in [0.05, 0.1) is 0 Å². The minimum atomic E-state index is -0.619. The summed E-state index contributed by atoms with van der Waals surface area (Å²) in [5.41, 5.74) is 0.0580. The van der Waals surface area contributed by atoms with Crippen molar-refractivity contribution in [2.24, 2.45) is 0 Å². The second-order valence-electron chi connectivity index (χ2n) is 6.53. The van der Waals surface area contributed by atoms with Gasteiger partial charge in [-0.25, -0.2) is 9.97 Å². The van der Waals surface area contributed by atoms with E-state index in [0.29, 0.717) is 23.2 Å².